The van der Waals surface area contributed by atoms with E-state index in [-0.39, 0.29) is 11.4 Å². The summed E-state index contributed by atoms with van der Waals surface area (Å²) in [6.07, 6.45) is 2.22. The third-order valence-corrected chi connectivity index (χ3v) is 4.60. The molecule has 0 aromatic heterocycles. The number of rotatable bonds is 3. The van der Waals surface area contributed by atoms with E-state index in [0.29, 0.717) is 6.04 Å². The van der Waals surface area contributed by atoms with Crippen molar-refractivity contribution in [3.8, 4) is 0 Å². The van der Waals surface area contributed by atoms with Crippen molar-refractivity contribution in [1.29, 1.82) is 0 Å². The second kappa shape index (κ2) is 6.50. The molecule has 22 heavy (non-hydrogen) atoms. The summed E-state index contributed by atoms with van der Waals surface area (Å²) in [6, 6.07) is 5.63. The molecule has 1 aromatic rings. The van der Waals surface area contributed by atoms with Gasteiger partial charge in [-0.2, -0.15) is 0 Å². The first kappa shape index (κ1) is 15.1. The Morgan fingerprint density at radius 1 is 1.18 bits per heavy atom. The van der Waals surface area contributed by atoms with Crippen molar-refractivity contribution in [2.75, 3.05) is 50.0 Å². The number of nitro groups is 1. The van der Waals surface area contributed by atoms with Gasteiger partial charge in [-0.15, -0.1) is 0 Å². The summed E-state index contributed by atoms with van der Waals surface area (Å²) < 4.78 is 5.40. The van der Waals surface area contributed by atoms with E-state index in [9.17, 15) is 10.1 Å². The summed E-state index contributed by atoms with van der Waals surface area (Å²) in [5.74, 6) is 0. The monoisotopic (exact) mass is 306 g/mol. The van der Waals surface area contributed by atoms with Gasteiger partial charge in [0.2, 0.25) is 0 Å². The fourth-order valence-corrected chi connectivity index (χ4v) is 3.34. The van der Waals surface area contributed by atoms with E-state index >= 15 is 0 Å². The first-order valence-electron chi connectivity index (χ1n) is 7.76. The SMILES string of the molecule is Nc1cc(N2CCC(N3CCOCC3)CC2)ccc1[N+](=O)[O-]. The van der Waals surface area contributed by atoms with Crippen molar-refractivity contribution in [1.82, 2.24) is 4.90 Å². The number of nitrogen functional groups attached to an aromatic ring is 1. The van der Waals surface area contributed by atoms with Crippen LogP contribution in [0.2, 0.25) is 0 Å². The molecule has 2 aliphatic rings. The molecular weight excluding hydrogens is 284 g/mol. The maximum atomic E-state index is 10.8. The first-order chi connectivity index (χ1) is 10.6. The van der Waals surface area contributed by atoms with E-state index in [1.165, 1.54) is 6.07 Å². The Morgan fingerprint density at radius 3 is 2.45 bits per heavy atom. The van der Waals surface area contributed by atoms with Gasteiger partial charge in [-0.1, -0.05) is 0 Å². The second-order valence-corrected chi connectivity index (χ2v) is 5.87. The fourth-order valence-electron chi connectivity index (χ4n) is 3.34. The maximum absolute atomic E-state index is 10.8. The van der Waals surface area contributed by atoms with Gasteiger partial charge in [0.25, 0.3) is 5.69 Å². The number of benzene rings is 1. The molecule has 7 nitrogen and oxygen atoms in total. The molecular formula is C15H22N4O3. The van der Waals surface area contributed by atoms with E-state index in [0.717, 1.165) is 57.9 Å². The molecule has 2 aliphatic heterocycles. The maximum Gasteiger partial charge on any atom is 0.292 e. The number of nitrogens with zero attached hydrogens (tertiary/aromatic N) is 3. The van der Waals surface area contributed by atoms with Crippen LogP contribution in [0, 0.1) is 10.1 Å². The fraction of sp³-hybridized carbons (Fsp3) is 0.600. The molecule has 0 aliphatic carbocycles. The van der Waals surface area contributed by atoms with Crippen LogP contribution in [0.3, 0.4) is 0 Å². The Labute approximate surface area is 129 Å². The zero-order chi connectivity index (χ0) is 15.5. The summed E-state index contributed by atoms with van der Waals surface area (Å²) in [5, 5.41) is 10.8. The van der Waals surface area contributed by atoms with Crippen molar-refractivity contribution in [3.05, 3.63) is 28.3 Å². The molecule has 120 valence electrons. The molecule has 2 fully saturated rings. The van der Waals surface area contributed by atoms with Crippen LogP contribution in [0.4, 0.5) is 17.1 Å². The average Bonchev–Trinajstić information content (AvgIpc) is 2.55. The summed E-state index contributed by atoms with van der Waals surface area (Å²) >= 11 is 0. The van der Waals surface area contributed by atoms with Crippen molar-refractivity contribution in [2.24, 2.45) is 0 Å². The molecule has 2 heterocycles. The Kier molecular flexibility index (Phi) is 4.44. The summed E-state index contributed by atoms with van der Waals surface area (Å²) in [4.78, 5) is 15.2. The zero-order valence-corrected chi connectivity index (χ0v) is 12.6. The van der Waals surface area contributed by atoms with Crippen molar-refractivity contribution < 1.29 is 9.66 Å². The number of morpholine rings is 1. The number of hydrogen-bond donors (Lipinski definition) is 1. The van der Waals surface area contributed by atoms with Crippen LogP contribution in [-0.4, -0.2) is 55.3 Å². The van der Waals surface area contributed by atoms with Crippen LogP contribution in [0.15, 0.2) is 18.2 Å². The predicted octanol–water partition coefficient (Wildman–Crippen LogP) is 1.48. The molecule has 0 saturated carbocycles. The number of anilines is 2. The van der Waals surface area contributed by atoms with Gasteiger partial charge in [0, 0.05) is 44.0 Å². The lowest BCUT2D eigenvalue weighted by Gasteiger charge is -2.40. The quantitative estimate of drug-likeness (QED) is 0.517. The molecule has 0 radical (unpaired) electrons. The molecule has 2 N–H and O–H groups in total. The van der Waals surface area contributed by atoms with Crippen LogP contribution in [-0.2, 0) is 4.74 Å². The lowest BCUT2D eigenvalue weighted by atomic mass is 10.0. The number of ether oxygens (including phenoxy) is 1. The lowest BCUT2D eigenvalue weighted by Crippen LogP contribution is -2.49. The largest absolute Gasteiger partial charge is 0.393 e. The Hall–Kier alpha value is -1.86. The van der Waals surface area contributed by atoms with Crippen LogP contribution >= 0.6 is 0 Å². The van der Waals surface area contributed by atoms with Crippen molar-refractivity contribution in [2.45, 2.75) is 18.9 Å². The average molecular weight is 306 g/mol. The minimum atomic E-state index is -0.441. The Morgan fingerprint density at radius 2 is 1.86 bits per heavy atom. The molecule has 0 atom stereocenters. The molecule has 3 rings (SSSR count). The third-order valence-electron chi connectivity index (χ3n) is 4.60. The number of nitro benzene ring substituents is 1. The first-order valence-corrected chi connectivity index (χ1v) is 7.76. The summed E-state index contributed by atoms with van der Waals surface area (Å²) in [7, 11) is 0. The van der Waals surface area contributed by atoms with Crippen molar-refractivity contribution >= 4 is 17.1 Å². The highest BCUT2D eigenvalue weighted by Crippen LogP contribution is 2.29. The van der Waals surface area contributed by atoms with Crippen LogP contribution in [0.25, 0.3) is 0 Å². The van der Waals surface area contributed by atoms with Gasteiger partial charge in [-0.3, -0.25) is 15.0 Å². The summed E-state index contributed by atoms with van der Waals surface area (Å²) in [6.45, 7) is 5.63. The molecule has 0 bridgehead atoms. The lowest BCUT2D eigenvalue weighted by molar-refractivity contribution is -0.383. The van der Waals surface area contributed by atoms with Crippen molar-refractivity contribution in [3.63, 3.8) is 0 Å². The molecule has 7 heteroatoms. The molecule has 1 aromatic carbocycles. The topological polar surface area (TPSA) is 84.9 Å². The highest BCUT2D eigenvalue weighted by molar-refractivity contribution is 5.66. The normalized spacial score (nSPS) is 21.0. The van der Waals surface area contributed by atoms with Gasteiger partial charge in [-0.05, 0) is 25.0 Å². The van der Waals surface area contributed by atoms with Crippen LogP contribution < -0.4 is 10.6 Å². The smallest absolute Gasteiger partial charge is 0.292 e. The van der Waals surface area contributed by atoms with E-state index in [1.54, 1.807) is 12.1 Å². The van der Waals surface area contributed by atoms with Gasteiger partial charge >= 0.3 is 0 Å². The summed E-state index contributed by atoms with van der Waals surface area (Å²) in [5.41, 5.74) is 6.97. The van der Waals surface area contributed by atoms with Gasteiger partial charge in [0.1, 0.15) is 5.69 Å². The van der Waals surface area contributed by atoms with E-state index in [2.05, 4.69) is 9.80 Å². The Bertz CT molecular complexity index is 538. The molecule has 2 saturated heterocycles. The number of piperidine rings is 1. The second-order valence-electron chi connectivity index (χ2n) is 5.87. The van der Waals surface area contributed by atoms with E-state index < -0.39 is 4.92 Å². The minimum Gasteiger partial charge on any atom is -0.393 e. The van der Waals surface area contributed by atoms with Gasteiger partial charge in [-0.25, -0.2) is 0 Å². The highest BCUT2D eigenvalue weighted by Gasteiger charge is 2.26. The standard InChI is InChI=1S/C15H22N4O3/c16-14-11-13(1-2-15(14)19(20)21)17-5-3-12(4-6-17)18-7-9-22-10-8-18/h1-2,11-12H,3-10,16H2. The molecule has 0 spiro atoms. The van der Waals surface area contributed by atoms with E-state index in [1.807, 2.05) is 0 Å². The molecule has 0 amide bonds. The third kappa shape index (κ3) is 3.15. The van der Waals surface area contributed by atoms with Gasteiger partial charge in [0.05, 0.1) is 18.1 Å². The van der Waals surface area contributed by atoms with Gasteiger partial charge < -0.3 is 15.4 Å². The van der Waals surface area contributed by atoms with Crippen LogP contribution in [0.5, 0.6) is 0 Å². The molecule has 0 unspecified atom stereocenters. The zero-order valence-electron chi connectivity index (χ0n) is 12.6. The minimum absolute atomic E-state index is 0.0213. The van der Waals surface area contributed by atoms with E-state index in [4.69, 9.17) is 10.5 Å². The highest BCUT2D eigenvalue weighted by atomic mass is 16.6. The Balaban J connectivity index is 1.61. The predicted molar refractivity (Wildman–Crippen MR) is 85.1 cm³/mol. The van der Waals surface area contributed by atoms with Crippen LogP contribution in [0.1, 0.15) is 12.8 Å². The van der Waals surface area contributed by atoms with Gasteiger partial charge in [0.15, 0.2) is 0 Å². The number of hydrogen-bond acceptors (Lipinski definition) is 6. The number of nitrogens with two attached hydrogens (primary N) is 1.